The van der Waals surface area contributed by atoms with Crippen molar-refractivity contribution in [1.29, 1.82) is 0 Å². The predicted octanol–water partition coefficient (Wildman–Crippen LogP) is 6.23. The van der Waals surface area contributed by atoms with E-state index >= 15 is 0 Å². The molecule has 2 heterocycles. The molecule has 0 atom stereocenters. The number of benzene rings is 3. The molecule has 0 unspecified atom stereocenters. The normalized spacial score (nSPS) is 11.1. The van der Waals surface area contributed by atoms with Crippen LogP contribution < -0.4 is 14.8 Å². The number of H-pyrrole nitrogens is 1. The first-order valence-electron chi connectivity index (χ1n) is 12.0. The quantitative estimate of drug-likeness (QED) is 0.239. The number of aromatic amines is 1. The van der Waals surface area contributed by atoms with Gasteiger partial charge in [0.15, 0.2) is 0 Å². The van der Waals surface area contributed by atoms with Gasteiger partial charge in [-0.25, -0.2) is 0 Å². The maximum absolute atomic E-state index is 13.1. The van der Waals surface area contributed by atoms with Gasteiger partial charge in [-0.05, 0) is 72.3 Å². The summed E-state index contributed by atoms with van der Waals surface area (Å²) in [6.07, 6.45) is 5.65. The molecule has 7 nitrogen and oxygen atoms in total. The van der Waals surface area contributed by atoms with Crippen LogP contribution in [0, 0.1) is 0 Å². The van der Waals surface area contributed by atoms with Crippen molar-refractivity contribution >= 4 is 40.7 Å². The van der Waals surface area contributed by atoms with Crippen LogP contribution in [0.15, 0.2) is 94.9 Å². The lowest BCUT2D eigenvalue weighted by Gasteiger charge is -2.12. The Morgan fingerprint density at radius 1 is 0.947 bits per heavy atom. The number of hydrogen-bond acceptors (Lipinski definition) is 6. The van der Waals surface area contributed by atoms with E-state index < -0.39 is 0 Å². The van der Waals surface area contributed by atoms with E-state index in [1.807, 2.05) is 84.9 Å². The fraction of sp³-hybridized carbons (Fsp3) is 0.100. The topological polar surface area (TPSA) is 89.1 Å². The van der Waals surface area contributed by atoms with Gasteiger partial charge in [0.25, 0.3) is 5.91 Å². The lowest BCUT2D eigenvalue weighted by molar-refractivity contribution is 0.0948. The smallest absolute Gasteiger partial charge is 0.252 e. The molecule has 190 valence electrons. The lowest BCUT2D eigenvalue weighted by Crippen LogP contribution is -2.23. The van der Waals surface area contributed by atoms with Crippen LogP contribution in [-0.2, 0) is 6.54 Å². The lowest BCUT2D eigenvalue weighted by atomic mass is 10.1. The minimum absolute atomic E-state index is 0.153. The second-order valence-electron chi connectivity index (χ2n) is 8.41. The van der Waals surface area contributed by atoms with Gasteiger partial charge in [-0.1, -0.05) is 30.0 Å². The molecule has 1 amide bonds. The minimum atomic E-state index is -0.153. The zero-order chi connectivity index (χ0) is 26.3. The van der Waals surface area contributed by atoms with Crippen LogP contribution in [0.3, 0.4) is 0 Å². The van der Waals surface area contributed by atoms with Gasteiger partial charge in [0.2, 0.25) is 0 Å². The molecule has 3 aromatic carbocycles. The second kappa shape index (κ2) is 11.7. The summed E-state index contributed by atoms with van der Waals surface area (Å²) in [5.41, 5.74) is 4.13. The van der Waals surface area contributed by atoms with Crippen LogP contribution in [-0.4, -0.2) is 35.3 Å². The number of carbonyl (C=O) groups is 1. The van der Waals surface area contributed by atoms with Crippen molar-refractivity contribution in [3.05, 3.63) is 108 Å². The first-order valence-corrected chi connectivity index (χ1v) is 12.8. The molecule has 5 aromatic rings. The van der Waals surface area contributed by atoms with Crippen molar-refractivity contribution in [3.63, 3.8) is 0 Å². The van der Waals surface area contributed by atoms with Crippen molar-refractivity contribution < 1.29 is 14.3 Å². The van der Waals surface area contributed by atoms with Crippen molar-refractivity contribution in [2.45, 2.75) is 16.3 Å². The van der Waals surface area contributed by atoms with Crippen molar-refractivity contribution in [2.24, 2.45) is 0 Å². The van der Waals surface area contributed by atoms with Gasteiger partial charge in [-0.15, -0.1) is 0 Å². The van der Waals surface area contributed by atoms with Gasteiger partial charge in [0.05, 0.1) is 36.7 Å². The van der Waals surface area contributed by atoms with Crippen LogP contribution >= 0.6 is 11.8 Å². The zero-order valence-corrected chi connectivity index (χ0v) is 21.8. The fourth-order valence-electron chi connectivity index (χ4n) is 3.97. The average molecular weight is 523 g/mol. The predicted molar refractivity (Wildman–Crippen MR) is 151 cm³/mol. The number of nitrogens with one attached hydrogen (secondary N) is 2. The van der Waals surface area contributed by atoms with Crippen LogP contribution in [0.5, 0.6) is 11.5 Å². The Balaban J connectivity index is 1.31. The number of pyridine rings is 1. The molecular weight excluding hydrogens is 496 g/mol. The summed E-state index contributed by atoms with van der Waals surface area (Å²) in [7, 11) is 3.20. The van der Waals surface area contributed by atoms with Gasteiger partial charge in [-0.2, -0.15) is 5.10 Å². The summed E-state index contributed by atoms with van der Waals surface area (Å²) in [4.78, 5) is 19.3. The molecule has 0 spiro atoms. The van der Waals surface area contributed by atoms with E-state index in [0.717, 1.165) is 37.6 Å². The Kier molecular flexibility index (Phi) is 7.70. The summed E-state index contributed by atoms with van der Waals surface area (Å²) in [6, 6.07) is 25.0. The number of aromatic nitrogens is 3. The molecule has 8 heteroatoms. The van der Waals surface area contributed by atoms with E-state index in [4.69, 9.17) is 9.47 Å². The standard InChI is InChI=1S/C30H26N4O3S/c1-36-22-15-20(16-23(17-22)37-2)19-32-30(35)26-8-3-4-9-29(26)38-24-11-12-25-27(33-34-28(25)18-24)13-10-21-7-5-6-14-31-21/h3-18H,19H2,1-2H3,(H,32,35)(H,33,34)/b13-10+. The third-order valence-corrected chi connectivity index (χ3v) is 6.95. The number of carbonyl (C=O) groups excluding carboxylic acids is 1. The highest BCUT2D eigenvalue weighted by molar-refractivity contribution is 7.99. The molecule has 38 heavy (non-hydrogen) atoms. The molecule has 0 saturated carbocycles. The van der Waals surface area contributed by atoms with E-state index in [9.17, 15) is 4.79 Å². The second-order valence-corrected chi connectivity index (χ2v) is 9.52. The largest absolute Gasteiger partial charge is 0.497 e. The Morgan fingerprint density at radius 2 is 1.74 bits per heavy atom. The molecule has 0 aliphatic heterocycles. The number of methoxy groups -OCH3 is 2. The van der Waals surface area contributed by atoms with Gasteiger partial charge >= 0.3 is 0 Å². The molecule has 0 aliphatic rings. The summed E-state index contributed by atoms with van der Waals surface area (Å²) in [5.74, 6) is 1.20. The van der Waals surface area contributed by atoms with E-state index in [1.54, 1.807) is 26.5 Å². The monoisotopic (exact) mass is 522 g/mol. The maximum Gasteiger partial charge on any atom is 0.252 e. The Bertz CT molecular complexity index is 1580. The molecule has 0 radical (unpaired) electrons. The third-order valence-electron chi connectivity index (χ3n) is 5.89. The van der Waals surface area contributed by atoms with Gasteiger partial charge in [0.1, 0.15) is 11.5 Å². The highest BCUT2D eigenvalue weighted by Crippen LogP contribution is 2.33. The van der Waals surface area contributed by atoms with E-state index in [1.165, 1.54) is 11.8 Å². The number of amides is 1. The number of hydrogen-bond donors (Lipinski definition) is 2. The minimum Gasteiger partial charge on any atom is -0.497 e. The fourth-order valence-corrected chi connectivity index (χ4v) is 4.95. The number of ether oxygens (including phenoxy) is 2. The highest BCUT2D eigenvalue weighted by atomic mass is 32.2. The zero-order valence-electron chi connectivity index (χ0n) is 21.0. The molecule has 2 aromatic heterocycles. The van der Waals surface area contributed by atoms with E-state index in [-0.39, 0.29) is 5.91 Å². The van der Waals surface area contributed by atoms with Crippen LogP contribution in [0.2, 0.25) is 0 Å². The van der Waals surface area contributed by atoms with Crippen molar-refractivity contribution in [1.82, 2.24) is 20.5 Å². The van der Waals surface area contributed by atoms with Gasteiger partial charge in [0, 0.05) is 34.0 Å². The van der Waals surface area contributed by atoms with Crippen LogP contribution in [0.4, 0.5) is 0 Å². The molecule has 0 fully saturated rings. The molecule has 0 aliphatic carbocycles. The summed E-state index contributed by atoms with van der Waals surface area (Å²) < 4.78 is 10.7. The van der Waals surface area contributed by atoms with Crippen molar-refractivity contribution in [3.8, 4) is 11.5 Å². The molecular formula is C30H26N4O3S. The van der Waals surface area contributed by atoms with E-state index in [2.05, 4.69) is 20.5 Å². The Labute approximate surface area is 224 Å². The van der Waals surface area contributed by atoms with Gasteiger partial charge in [-0.3, -0.25) is 14.9 Å². The van der Waals surface area contributed by atoms with Crippen LogP contribution in [0.1, 0.15) is 27.3 Å². The molecule has 0 bridgehead atoms. The molecule has 5 rings (SSSR count). The number of fused-ring (bicyclic) bond motifs is 1. The average Bonchev–Trinajstić information content (AvgIpc) is 3.37. The maximum atomic E-state index is 13.1. The van der Waals surface area contributed by atoms with E-state index in [0.29, 0.717) is 23.6 Å². The Morgan fingerprint density at radius 3 is 2.50 bits per heavy atom. The first kappa shape index (κ1) is 25.1. The van der Waals surface area contributed by atoms with Crippen LogP contribution in [0.25, 0.3) is 23.1 Å². The third kappa shape index (κ3) is 5.87. The SMILES string of the molecule is COc1cc(CNC(=O)c2ccccc2Sc2ccc3c(/C=C/c4ccccn4)n[nH]c3c2)cc(OC)c1. The first-order chi connectivity index (χ1) is 18.6. The Hall–Kier alpha value is -4.56. The summed E-state index contributed by atoms with van der Waals surface area (Å²) in [5, 5.41) is 11.6. The number of nitrogens with zero attached hydrogens (tertiary/aromatic N) is 2. The van der Waals surface area contributed by atoms with Crippen molar-refractivity contribution in [2.75, 3.05) is 14.2 Å². The summed E-state index contributed by atoms with van der Waals surface area (Å²) in [6.45, 7) is 0.348. The number of rotatable bonds is 9. The molecule has 0 saturated heterocycles. The van der Waals surface area contributed by atoms with Gasteiger partial charge < -0.3 is 14.8 Å². The molecule has 2 N–H and O–H groups in total. The highest BCUT2D eigenvalue weighted by Gasteiger charge is 2.13. The summed E-state index contributed by atoms with van der Waals surface area (Å²) >= 11 is 1.53.